The van der Waals surface area contributed by atoms with Gasteiger partial charge in [-0.3, -0.25) is 4.68 Å². The lowest BCUT2D eigenvalue weighted by Crippen LogP contribution is -2.30. The summed E-state index contributed by atoms with van der Waals surface area (Å²) in [5.74, 6) is -0.109. The second-order valence-electron chi connectivity index (χ2n) is 4.26. The number of nitrogens with zero attached hydrogens (tertiary/aromatic N) is 2. The fraction of sp³-hybridized carbons (Fsp3) is 0.700. The molecular formula is C10H19N3O3S. The van der Waals surface area contributed by atoms with E-state index in [0.29, 0.717) is 11.4 Å². The van der Waals surface area contributed by atoms with E-state index in [4.69, 9.17) is 5.11 Å². The summed E-state index contributed by atoms with van der Waals surface area (Å²) in [4.78, 5) is 0.227. The molecule has 0 aliphatic carbocycles. The zero-order valence-corrected chi connectivity index (χ0v) is 11.4. The summed E-state index contributed by atoms with van der Waals surface area (Å²) in [6, 6.07) is 0. The van der Waals surface area contributed by atoms with Gasteiger partial charge in [-0.05, 0) is 19.8 Å². The van der Waals surface area contributed by atoms with Gasteiger partial charge in [0.25, 0.3) is 0 Å². The van der Waals surface area contributed by atoms with E-state index in [1.807, 2.05) is 0 Å². The van der Waals surface area contributed by atoms with Crippen LogP contribution in [0.3, 0.4) is 0 Å². The molecule has 17 heavy (non-hydrogen) atoms. The van der Waals surface area contributed by atoms with E-state index in [0.717, 1.165) is 0 Å². The van der Waals surface area contributed by atoms with Gasteiger partial charge < -0.3 is 5.11 Å². The molecule has 1 rings (SSSR count). The van der Waals surface area contributed by atoms with Crippen molar-refractivity contribution in [3.63, 3.8) is 0 Å². The van der Waals surface area contributed by atoms with Crippen LogP contribution in [0.15, 0.2) is 4.90 Å². The molecule has 0 bridgehead atoms. The van der Waals surface area contributed by atoms with Crippen molar-refractivity contribution in [2.75, 3.05) is 13.2 Å². The minimum atomic E-state index is -3.55. The lowest BCUT2D eigenvalue weighted by Gasteiger charge is -2.10. The molecule has 2 N–H and O–H groups in total. The van der Waals surface area contributed by atoms with Crippen LogP contribution in [-0.2, 0) is 17.1 Å². The van der Waals surface area contributed by atoms with Crippen LogP contribution in [0.2, 0.25) is 0 Å². The van der Waals surface area contributed by atoms with Crippen molar-refractivity contribution >= 4 is 10.0 Å². The molecule has 0 aliphatic rings. The van der Waals surface area contributed by atoms with Crippen molar-refractivity contribution in [3.8, 4) is 0 Å². The molecule has 0 spiro atoms. The predicted molar refractivity (Wildman–Crippen MR) is 64.1 cm³/mol. The first-order valence-electron chi connectivity index (χ1n) is 5.40. The maximum Gasteiger partial charge on any atom is 0.244 e. The number of aliphatic hydroxyl groups excluding tert-OH is 1. The first-order chi connectivity index (χ1) is 7.79. The normalized spacial score (nSPS) is 13.9. The Hall–Kier alpha value is -0.920. The molecule has 0 aliphatic heterocycles. The molecule has 1 unspecified atom stereocenters. The highest BCUT2D eigenvalue weighted by Gasteiger charge is 2.23. The Bertz CT molecular complexity index is 493. The summed E-state index contributed by atoms with van der Waals surface area (Å²) >= 11 is 0. The third-order valence-corrected chi connectivity index (χ3v) is 4.32. The maximum atomic E-state index is 12.1. The van der Waals surface area contributed by atoms with Gasteiger partial charge in [-0.2, -0.15) is 5.10 Å². The molecule has 0 saturated heterocycles. The zero-order valence-electron chi connectivity index (χ0n) is 10.6. The van der Waals surface area contributed by atoms with E-state index < -0.39 is 10.0 Å². The van der Waals surface area contributed by atoms with Crippen LogP contribution in [0.25, 0.3) is 0 Å². The SMILES string of the molecule is Cc1nn(C)c(C)c1S(=O)(=O)NCC(C)CO. The molecule has 1 aromatic rings. The minimum absolute atomic E-state index is 0.0481. The van der Waals surface area contributed by atoms with Crippen molar-refractivity contribution in [1.29, 1.82) is 0 Å². The summed E-state index contributed by atoms with van der Waals surface area (Å²) in [5, 5.41) is 12.9. The molecule has 1 atom stereocenters. The fourth-order valence-corrected chi connectivity index (χ4v) is 3.13. The number of hydrogen-bond acceptors (Lipinski definition) is 4. The van der Waals surface area contributed by atoms with Crippen molar-refractivity contribution < 1.29 is 13.5 Å². The summed E-state index contributed by atoms with van der Waals surface area (Å²) in [6.45, 7) is 5.31. The van der Waals surface area contributed by atoms with Gasteiger partial charge >= 0.3 is 0 Å². The van der Waals surface area contributed by atoms with Gasteiger partial charge in [0, 0.05) is 20.2 Å². The Labute approximate surface area is 102 Å². The second-order valence-corrected chi connectivity index (χ2v) is 5.97. The molecule has 0 radical (unpaired) electrons. The molecule has 0 saturated carbocycles. The average Bonchev–Trinajstić information content (AvgIpc) is 2.50. The Morgan fingerprint density at radius 1 is 1.47 bits per heavy atom. The van der Waals surface area contributed by atoms with Gasteiger partial charge in [0.15, 0.2) is 0 Å². The molecule has 7 heteroatoms. The number of nitrogens with one attached hydrogen (secondary N) is 1. The number of aliphatic hydroxyl groups is 1. The smallest absolute Gasteiger partial charge is 0.244 e. The Morgan fingerprint density at radius 2 is 2.06 bits per heavy atom. The number of aryl methyl sites for hydroxylation is 2. The van der Waals surface area contributed by atoms with E-state index in [-0.39, 0.29) is 24.0 Å². The fourth-order valence-electron chi connectivity index (χ4n) is 1.53. The zero-order chi connectivity index (χ0) is 13.2. The third kappa shape index (κ3) is 3.05. The van der Waals surface area contributed by atoms with Crippen LogP contribution in [0.4, 0.5) is 0 Å². The van der Waals surface area contributed by atoms with E-state index >= 15 is 0 Å². The van der Waals surface area contributed by atoms with E-state index in [9.17, 15) is 8.42 Å². The molecule has 6 nitrogen and oxygen atoms in total. The average molecular weight is 261 g/mol. The first-order valence-corrected chi connectivity index (χ1v) is 6.88. The number of sulfonamides is 1. The topological polar surface area (TPSA) is 84.2 Å². The van der Waals surface area contributed by atoms with Crippen LogP contribution < -0.4 is 4.72 Å². The number of aromatic nitrogens is 2. The van der Waals surface area contributed by atoms with Crippen LogP contribution in [0, 0.1) is 19.8 Å². The van der Waals surface area contributed by atoms with Crippen molar-refractivity contribution in [2.45, 2.75) is 25.7 Å². The van der Waals surface area contributed by atoms with Gasteiger partial charge in [0.2, 0.25) is 10.0 Å². The summed E-state index contributed by atoms with van der Waals surface area (Å²) in [6.07, 6.45) is 0. The largest absolute Gasteiger partial charge is 0.396 e. The van der Waals surface area contributed by atoms with Gasteiger partial charge in [0.05, 0.1) is 11.4 Å². The monoisotopic (exact) mass is 261 g/mol. The van der Waals surface area contributed by atoms with Gasteiger partial charge in [0.1, 0.15) is 4.90 Å². The van der Waals surface area contributed by atoms with Gasteiger partial charge in [-0.25, -0.2) is 13.1 Å². The summed E-state index contributed by atoms with van der Waals surface area (Å²) < 4.78 is 28.1. The standard InChI is InChI=1S/C10H19N3O3S/c1-7(6-14)5-11-17(15,16)10-8(2)12-13(4)9(10)3/h7,11,14H,5-6H2,1-4H3. The first kappa shape index (κ1) is 14.1. The van der Waals surface area contributed by atoms with E-state index in [2.05, 4.69) is 9.82 Å². The van der Waals surface area contributed by atoms with E-state index in [1.165, 1.54) is 0 Å². The van der Waals surface area contributed by atoms with Crippen molar-refractivity contribution in [2.24, 2.45) is 13.0 Å². The minimum Gasteiger partial charge on any atom is -0.396 e. The van der Waals surface area contributed by atoms with Crippen LogP contribution in [0.5, 0.6) is 0 Å². The van der Waals surface area contributed by atoms with Crippen molar-refractivity contribution in [1.82, 2.24) is 14.5 Å². The molecule has 98 valence electrons. The number of rotatable bonds is 5. The molecule has 1 heterocycles. The van der Waals surface area contributed by atoms with Crippen LogP contribution in [0.1, 0.15) is 18.3 Å². The molecule has 0 aromatic carbocycles. The lowest BCUT2D eigenvalue weighted by atomic mass is 10.2. The predicted octanol–water partition coefficient (Wildman–Crippen LogP) is -0.0564. The third-order valence-electron chi connectivity index (χ3n) is 2.64. The molecule has 0 amide bonds. The summed E-state index contributed by atoms with van der Waals surface area (Å²) in [5.41, 5.74) is 1.08. The molecule has 0 fully saturated rings. The second kappa shape index (κ2) is 5.16. The highest BCUT2D eigenvalue weighted by molar-refractivity contribution is 7.89. The quantitative estimate of drug-likeness (QED) is 0.778. The van der Waals surface area contributed by atoms with Crippen molar-refractivity contribution in [3.05, 3.63) is 11.4 Å². The van der Waals surface area contributed by atoms with Gasteiger partial charge in [-0.15, -0.1) is 0 Å². The van der Waals surface area contributed by atoms with Crippen LogP contribution >= 0.6 is 0 Å². The van der Waals surface area contributed by atoms with Gasteiger partial charge in [-0.1, -0.05) is 6.92 Å². The molecular weight excluding hydrogens is 242 g/mol. The van der Waals surface area contributed by atoms with E-state index in [1.54, 1.807) is 32.5 Å². The number of hydrogen-bond donors (Lipinski definition) is 2. The Kier molecular flexibility index (Phi) is 4.29. The Morgan fingerprint density at radius 3 is 2.47 bits per heavy atom. The lowest BCUT2D eigenvalue weighted by molar-refractivity contribution is 0.238. The maximum absolute atomic E-state index is 12.1. The Balaban J connectivity index is 2.98. The van der Waals surface area contributed by atoms with Crippen LogP contribution in [-0.4, -0.2) is 36.5 Å². The summed E-state index contributed by atoms with van der Waals surface area (Å²) in [7, 11) is -1.84. The molecule has 1 aromatic heterocycles. The highest BCUT2D eigenvalue weighted by atomic mass is 32.2. The highest BCUT2D eigenvalue weighted by Crippen LogP contribution is 2.18.